The van der Waals surface area contributed by atoms with E-state index in [1.807, 2.05) is 0 Å². The number of carbonyl (C=O) groups is 2. The van der Waals surface area contributed by atoms with Crippen LogP contribution >= 0.6 is 59.4 Å². The zero-order valence-electron chi connectivity index (χ0n) is 13.9. The molecule has 0 unspecified atom stereocenters. The van der Waals surface area contributed by atoms with Crippen LogP contribution in [0.3, 0.4) is 0 Å². The van der Waals surface area contributed by atoms with E-state index in [1.165, 1.54) is 0 Å². The third-order valence-electron chi connectivity index (χ3n) is 3.48. The first kappa shape index (κ1) is 20.8. The normalized spacial score (nSPS) is 15.1. The van der Waals surface area contributed by atoms with E-state index < -0.39 is 11.8 Å². The van der Waals surface area contributed by atoms with Gasteiger partial charge in [0, 0.05) is 15.7 Å². The van der Waals surface area contributed by atoms with Gasteiger partial charge in [-0.05, 0) is 60.3 Å². The molecule has 1 saturated heterocycles. The largest absolute Gasteiger partial charge is 0.320 e. The van der Waals surface area contributed by atoms with Crippen LogP contribution in [0.1, 0.15) is 5.56 Å². The fourth-order valence-corrected chi connectivity index (χ4v) is 3.72. The monoisotopic (exact) mass is 467 g/mol. The van der Waals surface area contributed by atoms with E-state index in [-0.39, 0.29) is 9.31 Å². The van der Waals surface area contributed by atoms with Crippen LogP contribution in [0.15, 0.2) is 53.4 Å². The maximum Gasteiger partial charge on any atom is 0.285 e. The maximum atomic E-state index is 12.6. The molecule has 0 bridgehead atoms. The highest BCUT2D eigenvalue weighted by Crippen LogP contribution is 2.31. The summed E-state index contributed by atoms with van der Waals surface area (Å²) in [4.78, 5) is 25.0. The molecule has 3 rings (SSSR count). The van der Waals surface area contributed by atoms with Crippen LogP contribution in [0, 0.1) is 0 Å². The number of nitrogens with zero attached hydrogens (tertiary/aromatic N) is 1. The third kappa shape index (κ3) is 5.09. The number of carbonyl (C=O) groups excluding carboxylic acids is 2. The van der Waals surface area contributed by atoms with Gasteiger partial charge in [0.1, 0.15) is 0 Å². The highest BCUT2D eigenvalue weighted by atomic mass is 35.5. The number of amides is 2. The van der Waals surface area contributed by atoms with Gasteiger partial charge >= 0.3 is 0 Å². The van der Waals surface area contributed by atoms with Gasteiger partial charge < -0.3 is 5.32 Å². The lowest BCUT2D eigenvalue weighted by Gasteiger charge is -2.17. The highest BCUT2D eigenvalue weighted by Gasteiger charge is 2.33. The van der Waals surface area contributed by atoms with Crippen molar-refractivity contribution in [2.75, 3.05) is 5.32 Å². The van der Waals surface area contributed by atoms with Crippen LogP contribution in [0.5, 0.6) is 0 Å². The van der Waals surface area contributed by atoms with Crippen LogP contribution in [-0.4, -0.2) is 26.1 Å². The van der Waals surface area contributed by atoms with Crippen molar-refractivity contribution in [3.05, 3.63) is 69.0 Å². The number of thiocarbonyl (C=S) groups is 2. The summed E-state index contributed by atoms with van der Waals surface area (Å²) in [6.45, 7) is 0. The zero-order chi connectivity index (χ0) is 20.3. The summed E-state index contributed by atoms with van der Waals surface area (Å²) in [5.41, 5.74) is 3.91. The number of hydrogen-bond donors (Lipinski definition) is 2. The Bertz CT molecular complexity index is 992. The second kappa shape index (κ2) is 9.02. The predicted molar refractivity (Wildman–Crippen MR) is 122 cm³/mol. The Balaban J connectivity index is 1.66. The molecule has 0 aromatic heterocycles. The topological polar surface area (TPSA) is 61.4 Å². The molecular weight excluding hydrogens is 457 g/mol. The Hall–Kier alpha value is -1.97. The minimum Gasteiger partial charge on any atom is -0.320 e. The summed E-state index contributed by atoms with van der Waals surface area (Å²) in [5, 5.41) is 4.83. The number of halogens is 2. The molecule has 0 atom stereocenters. The molecule has 1 heterocycles. The van der Waals surface area contributed by atoms with Crippen molar-refractivity contribution in [2.45, 2.75) is 0 Å². The molecule has 0 aliphatic carbocycles. The van der Waals surface area contributed by atoms with E-state index in [4.69, 9.17) is 47.6 Å². The molecule has 142 valence electrons. The molecule has 2 aromatic carbocycles. The van der Waals surface area contributed by atoms with E-state index in [0.717, 1.165) is 22.3 Å². The van der Waals surface area contributed by atoms with E-state index in [0.29, 0.717) is 20.6 Å². The van der Waals surface area contributed by atoms with Crippen molar-refractivity contribution in [1.29, 1.82) is 0 Å². The van der Waals surface area contributed by atoms with E-state index in [1.54, 1.807) is 54.6 Å². The summed E-state index contributed by atoms with van der Waals surface area (Å²) in [5.74, 6) is -0.973. The molecule has 1 fully saturated rings. The minimum absolute atomic E-state index is 0.195. The molecule has 28 heavy (non-hydrogen) atoms. The summed E-state index contributed by atoms with van der Waals surface area (Å²) in [6, 6.07) is 13.6. The molecule has 1 aliphatic heterocycles. The lowest BCUT2D eigenvalue weighted by Crippen LogP contribution is -2.48. The number of hydrogen-bond acceptors (Lipinski definition) is 5. The summed E-state index contributed by atoms with van der Waals surface area (Å²) >= 11 is 23.1. The first-order valence-corrected chi connectivity index (χ1v) is 10.1. The van der Waals surface area contributed by atoms with Gasteiger partial charge in [-0.25, -0.2) is 0 Å². The average molecular weight is 468 g/mol. The summed E-state index contributed by atoms with van der Waals surface area (Å²) in [6.07, 6.45) is 1.69. The van der Waals surface area contributed by atoms with E-state index in [9.17, 15) is 9.59 Å². The van der Waals surface area contributed by atoms with Gasteiger partial charge in [0.2, 0.25) is 0 Å². The molecule has 0 saturated carbocycles. The second-order valence-electron chi connectivity index (χ2n) is 5.47. The Morgan fingerprint density at radius 3 is 2.21 bits per heavy atom. The van der Waals surface area contributed by atoms with Gasteiger partial charge in [0.05, 0.1) is 4.91 Å². The first-order valence-electron chi connectivity index (χ1n) is 7.74. The molecule has 2 amide bonds. The van der Waals surface area contributed by atoms with Crippen LogP contribution in [0.25, 0.3) is 6.08 Å². The Kier molecular flexibility index (Phi) is 6.69. The van der Waals surface area contributed by atoms with Gasteiger partial charge in [-0.1, -0.05) is 59.3 Å². The number of hydrazine groups is 1. The van der Waals surface area contributed by atoms with E-state index >= 15 is 0 Å². The summed E-state index contributed by atoms with van der Waals surface area (Å²) < 4.78 is 0.242. The van der Waals surface area contributed by atoms with Crippen molar-refractivity contribution in [3.63, 3.8) is 0 Å². The summed E-state index contributed by atoms with van der Waals surface area (Å²) in [7, 11) is 0. The first-order chi connectivity index (χ1) is 13.3. The molecule has 0 radical (unpaired) electrons. The lowest BCUT2D eigenvalue weighted by atomic mass is 10.2. The highest BCUT2D eigenvalue weighted by molar-refractivity contribution is 8.26. The predicted octanol–water partition coefficient (Wildman–Crippen LogP) is 4.67. The van der Waals surface area contributed by atoms with Crippen LogP contribution in [-0.2, 0) is 9.59 Å². The molecule has 10 heteroatoms. The van der Waals surface area contributed by atoms with Gasteiger partial charge in [-0.15, -0.1) is 0 Å². The average Bonchev–Trinajstić information content (AvgIpc) is 2.92. The fourth-order valence-electron chi connectivity index (χ4n) is 2.15. The number of nitrogens with one attached hydrogen (secondary N) is 2. The number of thioether (sulfide) groups is 1. The Morgan fingerprint density at radius 1 is 1.04 bits per heavy atom. The fraction of sp³-hybridized carbons (Fsp3) is 0. The SMILES string of the molecule is O=C(Nc1ccc(Cl)cc1)C(=S)NN1C(=O)/C(=C\c2ccc(Cl)cc2)SC1=S. The smallest absolute Gasteiger partial charge is 0.285 e. The second-order valence-corrected chi connectivity index (χ2v) is 8.43. The molecular formula is C18H11Cl2N3O2S3. The molecule has 1 aliphatic rings. The number of rotatable bonds is 3. The van der Waals surface area contributed by atoms with Gasteiger partial charge in [0.15, 0.2) is 9.31 Å². The zero-order valence-corrected chi connectivity index (χ0v) is 17.9. The van der Waals surface area contributed by atoms with Crippen molar-refractivity contribution in [1.82, 2.24) is 10.4 Å². The van der Waals surface area contributed by atoms with Gasteiger partial charge in [0.25, 0.3) is 11.8 Å². The van der Waals surface area contributed by atoms with E-state index in [2.05, 4.69) is 10.7 Å². The standard InChI is InChI=1S/C18H11Cl2N3O2S3/c19-11-3-1-10(2-4-11)9-14-17(25)23(18(27)28-14)22-16(26)15(24)21-13-7-5-12(20)6-8-13/h1-9H,(H,21,24)(H,22,26)/b14-9+. The van der Waals surface area contributed by atoms with Crippen molar-refractivity contribution in [2.24, 2.45) is 0 Å². The van der Waals surface area contributed by atoms with Gasteiger partial charge in [-0.3, -0.25) is 15.0 Å². The minimum atomic E-state index is -0.576. The lowest BCUT2D eigenvalue weighted by molar-refractivity contribution is -0.123. The van der Waals surface area contributed by atoms with Crippen molar-refractivity contribution >= 4 is 92.3 Å². The number of anilines is 1. The van der Waals surface area contributed by atoms with Crippen molar-refractivity contribution in [3.8, 4) is 0 Å². The molecule has 2 aromatic rings. The van der Waals surface area contributed by atoms with Crippen LogP contribution in [0.4, 0.5) is 5.69 Å². The quantitative estimate of drug-likeness (QED) is 0.505. The Labute approximate surface area is 186 Å². The maximum absolute atomic E-state index is 12.6. The number of benzene rings is 2. The molecule has 0 spiro atoms. The molecule has 2 N–H and O–H groups in total. The van der Waals surface area contributed by atoms with Crippen LogP contribution < -0.4 is 10.7 Å². The van der Waals surface area contributed by atoms with Gasteiger partial charge in [-0.2, -0.15) is 5.01 Å². The van der Waals surface area contributed by atoms with Crippen molar-refractivity contribution < 1.29 is 9.59 Å². The third-order valence-corrected chi connectivity index (χ3v) is 5.57. The van der Waals surface area contributed by atoms with Crippen LogP contribution in [0.2, 0.25) is 10.0 Å². The molecule has 5 nitrogen and oxygen atoms in total. The Morgan fingerprint density at radius 2 is 1.61 bits per heavy atom.